The second-order valence-electron chi connectivity index (χ2n) is 6.77. The zero-order chi connectivity index (χ0) is 21.3. The molecule has 0 aliphatic rings. The van der Waals surface area contributed by atoms with Gasteiger partial charge in [0.15, 0.2) is 0 Å². The molecule has 0 saturated heterocycles. The molecular weight excluding hydrogens is 468 g/mol. The number of halogens is 1. The van der Waals surface area contributed by atoms with Gasteiger partial charge in [-0.2, -0.15) is 0 Å². The highest BCUT2D eigenvalue weighted by molar-refractivity contribution is 9.10. The van der Waals surface area contributed by atoms with Crippen molar-refractivity contribution in [1.29, 1.82) is 0 Å². The highest BCUT2D eigenvalue weighted by Gasteiger charge is 2.21. The number of aromatic amines is 1. The van der Waals surface area contributed by atoms with Crippen LogP contribution in [0.2, 0.25) is 0 Å². The Balaban J connectivity index is 1.67. The van der Waals surface area contributed by atoms with E-state index in [0.29, 0.717) is 20.7 Å². The Labute approximate surface area is 183 Å². The average Bonchev–Trinajstić information content (AvgIpc) is 3.07. The minimum Gasteiger partial charge on any atom is -0.457 e. The fraction of sp³-hybridized carbons (Fsp3) is 0.136. The summed E-state index contributed by atoms with van der Waals surface area (Å²) < 4.78 is 7.45. The van der Waals surface area contributed by atoms with E-state index in [1.807, 2.05) is 54.6 Å². The van der Waals surface area contributed by atoms with E-state index in [0.717, 1.165) is 31.5 Å². The second-order valence-corrected chi connectivity index (χ2v) is 8.71. The first kappa shape index (κ1) is 20.3. The van der Waals surface area contributed by atoms with Crippen LogP contribution in [0.1, 0.15) is 26.4 Å². The number of rotatable bonds is 5. The average molecular weight is 485 g/mol. The summed E-state index contributed by atoms with van der Waals surface area (Å²) in [6, 6.07) is 16.7. The van der Waals surface area contributed by atoms with Gasteiger partial charge in [-0.3, -0.25) is 14.3 Å². The van der Waals surface area contributed by atoms with Gasteiger partial charge in [-0.1, -0.05) is 58.4 Å². The summed E-state index contributed by atoms with van der Waals surface area (Å²) >= 11 is 4.43. The summed E-state index contributed by atoms with van der Waals surface area (Å²) in [6.45, 7) is 1.97. The first-order chi connectivity index (χ1) is 14.4. The Morgan fingerprint density at radius 2 is 1.77 bits per heavy atom. The number of fused-ring (bicyclic) bond motifs is 1. The van der Waals surface area contributed by atoms with Crippen molar-refractivity contribution in [3.8, 4) is 0 Å². The number of hydrogen-bond donors (Lipinski definition) is 1. The van der Waals surface area contributed by atoms with E-state index >= 15 is 0 Å². The molecule has 8 heteroatoms. The summed E-state index contributed by atoms with van der Waals surface area (Å²) in [4.78, 5) is 41.6. The van der Waals surface area contributed by atoms with Gasteiger partial charge in [0.25, 0.3) is 5.56 Å². The molecule has 152 valence electrons. The molecule has 0 radical (unpaired) electrons. The van der Waals surface area contributed by atoms with Crippen LogP contribution in [0.25, 0.3) is 10.2 Å². The summed E-state index contributed by atoms with van der Waals surface area (Å²) in [5, 5.41) is 0.336. The van der Waals surface area contributed by atoms with Crippen molar-refractivity contribution >= 4 is 43.5 Å². The number of aromatic nitrogens is 2. The van der Waals surface area contributed by atoms with Crippen molar-refractivity contribution in [2.45, 2.75) is 20.1 Å². The lowest BCUT2D eigenvalue weighted by Gasteiger charge is -2.06. The first-order valence-corrected chi connectivity index (χ1v) is 10.8. The zero-order valence-corrected chi connectivity index (χ0v) is 18.4. The summed E-state index contributed by atoms with van der Waals surface area (Å²) in [5.41, 5.74) is 1.27. The van der Waals surface area contributed by atoms with Gasteiger partial charge in [0.1, 0.15) is 16.3 Å². The Hall–Kier alpha value is -2.97. The lowest BCUT2D eigenvalue weighted by atomic mass is 10.2. The number of H-pyrrole nitrogens is 1. The molecule has 0 fully saturated rings. The number of hydrogen-bond acceptors (Lipinski definition) is 5. The summed E-state index contributed by atoms with van der Waals surface area (Å²) in [5.74, 6) is -0.516. The molecule has 2 aromatic carbocycles. The molecule has 0 bridgehead atoms. The van der Waals surface area contributed by atoms with E-state index in [1.54, 1.807) is 6.92 Å². The number of nitrogens with one attached hydrogen (secondary N) is 1. The molecule has 2 heterocycles. The number of carbonyl (C=O) groups excluding carboxylic acids is 1. The van der Waals surface area contributed by atoms with Crippen LogP contribution >= 0.6 is 27.3 Å². The second kappa shape index (κ2) is 8.41. The Kier molecular flexibility index (Phi) is 5.69. The topological polar surface area (TPSA) is 81.2 Å². The lowest BCUT2D eigenvalue weighted by Crippen LogP contribution is -2.35. The molecule has 0 saturated carbocycles. The van der Waals surface area contributed by atoms with E-state index in [-0.39, 0.29) is 13.2 Å². The third kappa shape index (κ3) is 4.01. The molecule has 30 heavy (non-hydrogen) atoms. The molecule has 1 N–H and O–H groups in total. The fourth-order valence-electron chi connectivity index (χ4n) is 3.15. The minimum absolute atomic E-state index is 0.137. The van der Waals surface area contributed by atoms with E-state index in [9.17, 15) is 14.4 Å². The largest absolute Gasteiger partial charge is 0.457 e. The smallest absolute Gasteiger partial charge is 0.349 e. The van der Waals surface area contributed by atoms with Crippen molar-refractivity contribution in [2.75, 3.05) is 0 Å². The monoisotopic (exact) mass is 484 g/mol. The van der Waals surface area contributed by atoms with Crippen LogP contribution in [-0.4, -0.2) is 15.5 Å². The highest BCUT2D eigenvalue weighted by Crippen LogP contribution is 2.27. The Bertz CT molecular complexity index is 1340. The molecule has 0 amide bonds. The maximum atomic E-state index is 13.0. The van der Waals surface area contributed by atoms with Crippen LogP contribution in [0.3, 0.4) is 0 Å². The predicted molar refractivity (Wildman–Crippen MR) is 120 cm³/mol. The third-order valence-corrected chi connectivity index (χ3v) is 6.44. The van der Waals surface area contributed by atoms with E-state index in [1.165, 1.54) is 0 Å². The van der Waals surface area contributed by atoms with Crippen LogP contribution in [0, 0.1) is 6.92 Å². The Morgan fingerprint density at radius 1 is 1.07 bits per heavy atom. The van der Waals surface area contributed by atoms with Crippen LogP contribution < -0.4 is 11.2 Å². The van der Waals surface area contributed by atoms with Crippen LogP contribution in [0.5, 0.6) is 0 Å². The number of nitrogens with zero attached hydrogens (tertiary/aromatic N) is 1. The molecule has 0 aliphatic heterocycles. The van der Waals surface area contributed by atoms with Crippen molar-refractivity contribution in [3.63, 3.8) is 0 Å². The van der Waals surface area contributed by atoms with Gasteiger partial charge in [0.05, 0.1) is 11.9 Å². The predicted octanol–water partition coefficient (Wildman–Crippen LogP) is 4.23. The molecule has 4 rings (SSSR count). The highest BCUT2D eigenvalue weighted by atomic mass is 79.9. The van der Waals surface area contributed by atoms with Crippen molar-refractivity contribution in [1.82, 2.24) is 9.55 Å². The standard InChI is InChI=1S/C22H17BrN2O4S/c1-13-17-19(30-18(13)21(27)29-12-15-5-3-2-4-6-15)24-22(28)25(20(17)26)11-14-7-9-16(23)10-8-14/h2-10H,11-12H2,1H3,(H,24,28). The van der Waals surface area contributed by atoms with E-state index < -0.39 is 17.2 Å². The fourth-order valence-corrected chi connectivity index (χ4v) is 4.50. The van der Waals surface area contributed by atoms with Crippen LogP contribution in [-0.2, 0) is 17.9 Å². The normalized spacial score (nSPS) is 11.0. The van der Waals surface area contributed by atoms with Crippen molar-refractivity contribution in [3.05, 3.63) is 101 Å². The van der Waals surface area contributed by atoms with Gasteiger partial charge in [-0.05, 0) is 35.7 Å². The first-order valence-electron chi connectivity index (χ1n) is 9.16. The minimum atomic E-state index is -0.516. The molecule has 0 aliphatic carbocycles. The van der Waals surface area contributed by atoms with Crippen molar-refractivity contribution < 1.29 is 9.53 Å². The SMILES string of the molecule is Cc1c(C(=O)OCc2ccccc2)sc2[nH]c(=O)n(Cc3ccc(Br)cc3)c(=O)c12. The molecule has 4 aromatic rings. The third-order valence-electron chi connectivity index (χ3n) is 4.72. The molecule has 0 spiro atoms. The van der Waals surface area contributed by atoms with Crippen molar-refractivity contribution in [2.24, 2.45) is 0 Å². The van der Waals surface area contributed by atoms with E-state index in [2.05, 4.69) is 20.9 Å². The van der Waals surface area contributed by atoms with Gasteiger partial charge in [0, 0.05) is 4.47 Å². The molecular formula is C22H17BrN2O4S. The number of carbonyl (C=O) groups is 1. The summed E-state index contributed by atoms with van der Waals surface area (Å²) in [6.07, 6.45) is 0. The van der Waals surface area contributed by atoms with Gasteiger partial charge >= 0.3 is 11.7 Å². The molecule has 6 nitrogen and oxygen atoms in total. The molecule has 0 atom stereocenters. The number of ether oxygens (including phenoxy) is 1. The van der Waals surface area contributed by atoms with Gasteiger partial charge in [-0.15, -0.1) is 11.3 Å². The number of thiophene rings is 1. The zero-order valence-electron chi connectivity index (χ0n) is 16.0. The number of aryl methyl sites for hydroxylation is 1. The number of esters is 1. The maximum Gasteiger partial charge on any atom is 0.349 e. The van der Waals surface area contributed by atoms with E-state index in [4.69, 9.17) is 4.74 Å². The maximum absolute atomic E-state index is 13.0. The molecule has 2 aromatic heterocycles. The quantitative estimate of drug-likeness (QED) is 0.429. The molecule has 0 unspecified atom stereocenters. The van der Waals surface area contributed by atoms with Gasteiger partial charge in [-0.25, -0.2) is 9.59 Å². The Morgan fingerprint density at radius 3 is 2.47 bits per heavy atom. The lowest BCUT2D eigenvalue weighted by molar-refractivity contribution is 0.0478. The van der Waals surface area contributed by atoms with Crippen LogP contribution in [0.15, 0.2) is 68.7 Å². The number of benzene rings is 2. The van der Waals surface area contributed by atoms with Gasteiger partial charge in [0.2, 0.25) is 0 Å². The van der Waals surface area contributed by atoms with Gasteiger partial charge < -0.3 is 4.74 Å². The van der Waals surface area contributed by atoms with Crippen LogP contribution in [0.4, 0.5) is 0 Å². The summed E-state index contributed by atoms with van der Waals surface area (Å²) in [7, 11) is 0.